The number of fused-ring (bicyclic) bond motifs is 1. The smallest absolute Gasteiger partial charge is 0.270 e. The molecule has 1 heterocycles. The van der Waals surface area contributed by atoms with Crippen LogP contribution >= 0.6 is 11.3 Å². The van der Waals surface area contributed by atoms with Crippen molar-refractivity contribution in [3.05, 3.63) is 93.4 Å². The molecule has 140 valence electrons. The summed E-state index contributed by atoms with van der Waals surface area (Å²) >= 11 is 1.32. The SMILES string of the molecule is N#C/C(=C\Nc1ccc2ccccc2c1)c1nc(-c2cccc([N+](=O)[O-])c2)cs1. The quantitative estimate of drug-likeness (QED) is 0.259. The van der Waals surface area contributed by atoms with Crippen LogP contribution in [-0.4, -0.2) is 9.91 Å². The zero-order valence-corrected chi connectivity index (χ0v) is 15.9. The van der Waals surface area contributed by atoms with Crippen molar-refractivity contribution in [2.24, 2.45) is 0 Å². The molecule has 4 aromatic rings. The van der Waals surface area contributed by atoms with E-state index in [1.165, 1.54) is 23.5 Å². The van der Waals surface area contributed by atoms with Crippen LogP contribution < -0.4 is 5.32 Å². The molecule has 6 nitrogen and oxygen atoms in total. The summed E-state index contributed by atoms with van der Waals surface area (Å²) in [7, 11) is 0. The molecule has 4 rings (SSSR count). The van der Waals surface area contributed by atoms with Gasteiger partial charge in [0.1, 0.15) is 16.6 Å². The fraction of sp³-hybridized carbons (Fsp3) is 0. The summed E-state index contributed by atoms with van der Waals surface area (Å²) < 4.78 is 0. The molecule has 0 spiro atoms. The van der Waals surface area contributed by atoms with Gasteiger partial charge in [-0.3, -0.25) is 10.1 Å². The number of non-ortho nitro benzene ring substituents is 1. The molecule has 0 radical (unpaired) electrons. The minimum atomic E-state index is -0.440. The Bertz CT molecular complexity index is 1290. The highest BCUT2D eigenvalue weighted by Gasteiger charge is 2.12. The number of benzene rings is 3. The van der Waals surface area contributed by atoms with Crippen molar-refractivity contribution in [1.29, 1.82) is 5.26 Å². The van der Waals surface area contributed by atoms with E-state index in [9.17, 15) is 15.4 Å². The molecular formula is C22H14N4O2S. The van der Waals surface area contributed by atoms with E-state index in [0.29, 0.717) is 21.8 Å². The number of nitrogens with one attached hydrogen (secondary N) is 1. The van der Waals surface area contributed by atoms with E-state index < -0.39 is 4.92 Å². The second-order valence-corrected chi connectivity index (χ2v) is 7.08. The Hall–Kier alpha value is -4.02. The third-order valence-electron chi connectivity index (χ3n) is 4.34. The van der Waals surface area contributed by atoms with Crippen molar-refractivity contribution in [3.63, 3.8) is 0 Å². The summed E-state index contributed by atoms with van der Waals surface area (Å²) in [5.41, 5.74) is 2.50. The van der Waals surface area contributed by atoms with E-state index in [1.54, 1.807) is 23.7 Å². The number of nitro benzene ring substituents is 1. The van der Waals surface area contributed by atoms with Gasteiger partial charge < -0.3 is 5.32 Å². The minimum Gasteiger partial charge on any atom is -0.360 e. The van der Waals surface area contributed by atoms with Gasteiger partial charge in [0, 0.05) is 35.0 Å². The van der Waals surface area contributed by atoms with Crippen LogP contribution in [0.15, 0.2) is 78.3 Å². The molecule has 1 N–H and O–H groups in total. The van der Waals surface area contributed by atoms with Gasteiger partial charge in [-0.15, -0.1) is 11.3 Å². The summed E-state index contributed by atoms with van der Waals surface area (Å²) in [6, 6.07) is 22.5. The van der Waals surface area contributed by atoms with Crippen LogP contribution in [0.4, 0.5) is 11.4 Å². The van der Waals surface area contributed by atoms with Gasteiger partial charge in [-0.05, 0) is 22.9 Å². The Balaban J connectivity index is 1.58. The maximum Gasteiger partial charge on any atom is 0.270 e. The second-order valence-electron chi connectivity index (χ2n) is 6.22. The minimum absolute atomic E-state index is 0.00562. The maximum atomic E-state index is 11.0. The van der Waals surface area contributed by atoms with Gasteiger partial charge in [-0.25, -0.2) is 4.98 Å². The van der Waals surface area contributed by atoms with E-state index in [4.69, 9.17) is 0 Å². The molecule has 7 heteroatoms. The molecule has 0 aliphatic heterocycles. The van der Waals surface area contributed by atoms with Crippen molar-refractivity contribution >= 4 is 39.1 Å². The molecule has 3 aromatic carbocycles. The van der Waals surface area contributed by atoms with Crippen molar-refractivity contribution in [2.45, 2.75) is 0 Å². The lowest BCUT2D eigenvalue weighted by atomic mass is 10.1. The first kappa shape index (κ1) is 18.3. The van der Waals surface area contributed by atoms with Crippen molar-refractivity contribution < 1.29 is 4.92 Å². The summed E-state index contributed by atoms with van der Waals surface area (Å²) in [5.74, 6) is 0. The second kappa shape index (κ2) is 7.92. The molecule has 0 bridgehead atoms. The van der Waals surface area contributed by atoms with Gasteiger partial charge >= 0.3 is 0 Å². The molecule has 0 saturated heterocycles. The number of anilines is 1. The van der Waals surface area contributed by atoms with Gasteiger partial charge in [-0.2, -0.15) is 5.26 Å². The summed E-state index contributed by atoms with van der Waals surface area (Å²) in [5, 5.41) is 28.2. The molecule has 0 saturated carbocycles. The van der Waals surface area contributed by atoms with Gasteiger partial charge in [0.25, 0.3) is 5.69 Å². The molecule has 0 atom stereocenters. The number of nitrogens with zero attached hydrogens (tertiary/aromatic N) is 3. The van der Waals surface area contributed by atoms with Crippen LogP contribution in [0.3, 0.4) is 0 Å². The Morgan fingerprint density at radius 3 is 2.72 bits per heavy atom. The molecule has 1 aromatic heterocycles. The molecule has 0 aliphatic rings. The van der Waals surface area contributed by atoms with E-state index >= 15 is 0 Å². The van der Waals surface area contributed by atoms with E-state index in [-0.39, 0.29) is 5.69 Å². The number of thiazole rings is 1. The van der Waals surface area contributed by atoms with Crippen LogP contribution in [0.2, 0.25) is 0 Å². The van der Waals surface area contributed by atoms with Gasteiger partial charge in [0.15, 0.2) is 0 Å². The lowest BCUT2D eigenvalue weighted by Crippen LogP contribution is -1.91. The standard InChI is InChI=1S/C22H14N4O2S/c23-12-18(13-24-19-9-8-15-4-1-2-5-16(15)10-19)22-25-21(14-29-22)17-6-3-7-20(11-17)26(27)28/h1-11,13-14,24H/b18-13+. The van der Waals surface area contributed by atoms with Crippen LogP contribution in [0.1, 0.15) is 5.01 Å². The first-order chi connectivity index (χ1) is 14.1. The molecule has 0 unspecified atom stereocenters. The number of nitro groups is 1. The van der Waals surface area contributed by atoms with E-state index in [0.717, 1.165) is 16.5 Å². The Morgan fingerprint density at radius 1 is 1.10 bits per heavy atom. The average molecular weight is 398 g/mol. The predicted octanol–water partition coefficient (Wildman–Crippen LogP) is 5.85. The number of rotatable bonds is 5. The monoisotopic (exact) mass is 398 g/mol. The fourth-order valence-electron chi connectivity index (χ4n) is 2.89. The molecular weight excluding hydrogens is 384 g/mol. The van der Waals surface area contributed by atoms with Crippen LogP contribution in [0.5, 0.6) is 0 Å². The first-order valence-electron chi connectivity index (χ1n) is 8.70. The first-order valence-corrected chi connectivity index (χ1v) is 9.58. The van der Waals surface area contributed by atoms with E-state index in [1.807, 2.05) is 42.5 Å². The Kier molecular flexibility index (Phi) is 5.01. The van der Waals surface area contributed by atoms with Gasteiger partial charge in [0.05, 0.1) is 10.6 Å². The van der Waals surface area contributed by atoms with Crippen molar-refractivity contribution in [1.82, 2.24) is 4.98 Å². The highest BCUT2D eigenvalue weighted by molar-refractivity contribution is 7.11. The zero-order chi connectivity index (χ0) is 20.2. The molecule has 0 amide bonds. The summed E-state index contributed by atoms with van der Waals surface area (Å²) in [6.07, 6.45) is 1.63. The number of allylic oxidation sites excluding steroid dienone is 1. The normalized spacial score (nSPS) is 11.2. The lowest BCUT2D eigenvalue weighted by molar-refractivity contribution is -0.384. The third-order valence-corrected chi connectivity index (χ3v) is 5.22. The molecule has 0 aliphatic carbocycles. The van der Waals surface area contributed by atoms with Crippen molar-refractivity contribution in [3.8, 4) is 17.3 Å². The van der Waals surface area contributed by atoms with Crippen LogP contribution in [-0.2, 0) is 0 Å². The number of nitriles is 1. The molecule has 0 fully saturated rings. The topological polar surface area (TPSA) is 91.8 Å². The highest BCUT2D eigenvalue weighted by atomic mass is 32.1. The van der Waals surface area contributed by atoms with Gasteiger partial charge in [0.2, 0.25) is 0 Å². The van der Waals surface area contributed by atoms with Crippen LogP contribution in [0, 0.1) is 21.4 Å². The molecule has 29 heavy (non-hydrogen) atoms. The highest BCUT2D eigenvalue weighted by Crippen LogP contribution is 2.28. The third kappa shape index (κ3) is 3.98. The van der Waals surface area contributed by atoms with E-state index in [2.05, 4.69) is 16.4 Å². The Morgan fingerprint density at radius 2 is 1.93 bits per heavy atom. The zero-order valence-electron chi connectivity index (χ0n) is 15.1. The predicted molar refractivity (Wildman–Crippen MR) is 115 cm³/mol. The number of hydrogen-bond donors (Lipinski definition) is 1. The lowest BCUT2D eigenvalue weighted by Gasteiger charge is -2.04. The average Bonchev–Trinajstić information content (AvgIpc) is 3.24. The van der Waals surface area contributed by atoms with Crippen molar-refractivity contribution in [2.75, 3.05) is 5.32 Å². The number of aromatic nitrogens is 1. The van der Waals surface area contributed by atoms with Crippen LogP contribution in [0.25, 0.3) is 27.6 Å². The maximum absolute atomic E-state index is 11.0. The number of hydrogen-bond acceptors (Lipinski definition) is 6. The largest absolute Gasteiger partial charge is 0.360 e. The summed E-state index contributed by atoms with van der Waals surface area (Å²) in [6.45, 7) is 0. The van der Waals surface area contributed by atoms with Gasteiger partial charge in [-0.1, -0.05) is 42.5 Å². The fourth-order valence-corrected chi connectivity index (χ4v) is 3.68. The Labute approximate surface area is 170 Å². The summed E-state index contributed by atoms with van der Waals surface area (Å²) in [4.78, 5) is 15.0.